The Morgan fingerprint density at radius 2 is 1.76 bits per heavy atom. The lowest BCUT2D eigenvalue weighted by Gasteiger charge is -2.17. The van der Waals surface area contributed by atoms with Gasteiger partial charge in [-0.05, 0) is 47.9 Å². The molecule has 0 fully saturated rings. The molecule has 0 heterocycles. The smallest absolute Gasteiger partial charge is 0.123 e. The Bertz CT molecular complexity index is 581. The standard InChI is InChI=1S/C17H19FO3/c1-20-16-7-8-17(21-2)13(10-16)9-14(11-19)12-3-5-15(18)6-4-12/h3-8,10,14,19H,9,11H2,1-2H3. The summed E-state index contributed by atoms with van der Waals surface area (Å²) < 4.78 is 23.6. The second-order valence-corrected chi connectivity index (χ2v) is 4.81. The first-order valence-corrected chi connectivity index (χ1v) is 6.75. The van der Waals surface area contributed by atoms with Crippen molar-refractivity contribution >= 4 is 0 Å². The molecule has 1 unspecified atom stereocenters. The van der Waals surface area contributed by atoms with E-state index in [1.807, 2.05) is 18.2 Å². The van der Waals surface area contributed by atoms with Gasteiger partial charge in [0.25, 0.3) is 0 Å². The summed E-state index contributed by atoms with van der Waals surface area (Å²) in [5, 5.41) is 9.63. The number of hydrogen-bond donors (Lipinski definition) is 1. The predicted octanol–water partition coefficient (Wildman–Crippen LogP) is 3.16. The predicted molar refractivity (Wildman–Crippen MR) is 79.5 cm³/mol. The first-order chi connectivity index (χ1) is 10.2. The maximum absolute atomic E-state index is 13.0. The van der Waals surface area contributed by atoms with E-state index in [9.17, 15) is 9.50 Å². The molecule has 4 heteroatoms. The first-order valence-electron chi connectivity index (χ1n) is 6.75. The van der Waals surface area contributed by atoms with Gasteiger partial charge in [0, 0.05) is 5.92 Å². The Morgan fingerprint density at radius 3 is 2.33 bits per heavy atom. The van der Waals surface area contributed by atoms with Crippen molar-refractivity contribution in [2.75, 3.05) is 20.8 Å². The molecule has 0 radical (unpaired) electrons. The number of rotatable bonds is 6. The molecule has 2 rings (SSSR count). The van der Waals surface area contributed by atoms with Crippen LogP contribution in [0.25, 0.3) is 0 Å². The van der Waals surface area contributed by atoms with Gasteiger partial charge in [-0.3, -0.25) is 0 Å². The molecule has 0 spiro atoms. The van der Waals surface area contributed by atoms with Crippen molar-refractivity contribution < 1.29 is 19.0 Å². The Kier molecular flexibility index (Phi) is 5.17. The molecule has 0 aliphatic heterocycles. The van der Waals surface area contributed by atoms with Crippen molar-refractivity contribution in [2.45, 2.75) is 12.3 Å². The third-order valence-electron chi connectivity index (χ3n) is 3.52. The first kappa shape index (κ1) is 15.3. The second kappa shape index (κ2) is 7.09. The van der Waals surface area contributed by atoms with Gasteiger partial charge in [0.15, 0.2) is 0 Å². The van der Waals surface area contributed by atoms with E-state index in [4.69, 9.17) is 9.47 Å². The van der Waals surface area contributed by atoms with E-state index in [-0.39, 0.29) is 18.3 Å². The van der Waals surface area contributed by atoms with Crippen molar-refractivity contribution in [1.82, 2.24) is 0 Å². The van der Waals surface area contributed by atoms with Crippen LogP contribution < -0.4 is 9.47 Å². The summed E-state index contributed by atoms with van der Waals surface area (Å²) in [4.78, 5) is 0. The third-order valence-corrected chi connectivity index (χ3v) is 3.52. The van der Waals surface area contributed by atoms with E-state index in [1.165, 1.54) is 12.1 Å². The highest BCUT2D eigenvalue weighted by Gasteiger charge is 2.15. The van der Waals surface area contributed by atoms with Gasteiger partial charge in [-0.15, -0.1) is 0 Å². The summed E-state index contributed by atoms with van der Waals surface area (Å²) in [6.45, 7) is -0.0218. The largest absolute Gasteiger partial charge is 0.497 e. The molecule has 2 aromatic rings. The molecule has 0 bridgehead atoms. The third kappa shape index (κ3) is 3.73. The van der Waals surface area contributed by atoms with Gasteiger partial charge in [0.05, 0.1) is 20.8 Å². The van der Waals surface area contributed by atoms with Crippen LogP contribution in [0.2, 0.25) is 0 Å². The van der Waals surface area contributed by atoms with Gasteiger partial charge < -0.3 is 14.6 Å². The molecule has 0 saturated heterocycles. The SMILES string of the molecule is COc1ccc(OC)c(CC(CO)c2ccc(F)cc2)c1. The van der Waals surface area contributed by atoms with E-state index < -0.39 is 0 Å². The maximum Gasteiger partial charge on any atom is 0.123 e. The Morgan fingerprint density at radius 1 is 1.05 bits per heavy atom. The molecule has 2 aromatic carbocycles. The number of hydrogen-bond acceptors (Lipinski definition) is 3. The van der Waals surface area contributed by atoms with Crippen LogP contribution in [0.15, 0.2) is 42.5 Å². The number of methoxy groups -OCH3 is 2. The minimum atomic E-state index is -0.283. The van der Waals surface area contributed by atoms with Gasteiger partial charge in [0.2, 0.25) is 0 Å². The fraction of sp³-hybridized carbons (Fsp3) is 0.294. The van der Waals surface area contributed by atoms with E-state index in [0.717, 1.165) is 22.6 Å². The lowest BCUT2D eigenvalue weighted by atomic mass is 9.92. The minimum absolute atomic E-state index is 0.0218. The average Bonchev–Trinajstić information content (AvgIpc) is 2.53. The van der Waals surface area contributed by atoms with E-state index >= 15 is 0 Å². The normalized spacial score (nSPS) is 12.0. The molecular formula is C17H19FO3. The highest BCUT2D eigenvalue weighted by molar-refractivity contribution is 5.41. The Labute approximate surface area is 124 Å². The molecule has 1 N–H and O–H groups in total. The van der Waals surface area contributed by atoms with Crippen LogP contribution >= 0.6 is 0 Å². The number of halogens is 1. The fourth-order valence-corrected chi connectivity index (χ4v) is 2.33. The number of benzene rings is 2. The topological polar surface area (TPSA) is 38.7 Å². The number of ether oxygens (including phenoxy) is 2. The number of aliphatic hydroxyl groups excluding tert-OH is 1. The molecule has 0 aliphatic rings. The molecule has 112 valence electrons. The van der Waals surface area contributed by atoms with Crippen molar-refractivity contribution in [3.05, 3.63) is 59.4 Å². The zero-order chi connectivity index (χ0) is 15.2. The molecule has 0 aliphatic carbocycles. The highest BCUT2D eigenvalue weighted by Crippen LogP contribution is 2.29. The van der Waals surface area contributed by atoms with E-state index in [0.29, 0.717) is 6.42 Å². The summed E-state index contributed by atoms with van der Waals surface area (Å²) in [5.41, 5.74) is 1.84. The van der Waals surface area contributed by atoms with Gasteiger partial charge in [-0.1, -0.05) is 12.1 Å². The van der Waals surface area contributed by atoms with Gasteiger partial charge >= 0.3 is 0 Å². The minimum Gasteiger partial charge on any atom is -0.497 e. The van der Waals surface area contributed by atoms with E-state index in [1.54, 1.807) is 26.4 Å². The summed E-state index contributed by atoms with van der Waals surface area (Å²) in [6, 6.07) is 11.8. The molecular weight excluding hydrogens is 271 g/mol. The van der Waals surface area contributed by atoms with Crippen LogP contribution in [0.1, 0.15) is 17.0 Å². The summed E-state index contributed by atoms with van der Waals surface area (Å²) in [7, 11) is 3.21. The van der Waals surface area contributed by atoms with Crippen LogP contribution in [0, 0.1) is 5.82 Å². The lowest BCUT2D eigenvalue weighted by molar-refractivity contribution is 0.263. The number of aliphatic hydroxyl groups is 1. The average molecular weight is 290 g/mol. The van der Waals surface area contributed by atoms with Crippen molar-refractivity contribution in [3.8, 4) is 11.5 Å². The van der Waals surface area contributed by atoms with Crippen LogP contribution in [0.5, 0.6) is 11.5 Å². The maximum atomic E-state index is 13.0. The second-order valence-electron chi connectivity index (χ2n) is 4.81. The van der Waals surface area contributed by atoms with Crippen molar-refractivity contribution in [1.29, 1.82) is 0 Å². The fourth-order valence-electron chi connectivity index (χ4n) is 2.33. The van der Waals surface area contributed by atoms with Crippen LogP contribution in [0.3, 0.4) is 0 Å². The monoisotopic (exact) mass is 290 g/mol. The quantitative estimate of drug-likeness (QED) is 0.888. The van der Waals surface area contributed by atoms with Gasteiger partial charge in [-0.25, -0.2) is 4.39 Å². The highest BCUT2D eigenvalue weighted by atomic mass is 19.1. The zero-order valence-corrected chi connectivity index (χ0v) is 12.2. The lowest BCUT2D eigenvalue weighted by Crippen LogP contribution is -2.09. The molecule has 1 atom stereocenters. The van der Waals surface area contributed by atoms with E-state index in [2.05, 4.69) is 0 Å². The molecule has 0 aromatic heterocycles. The van der Waals surface area contributed by atoms with Crippen LogP contribution in [-0.4, -0.2) is 25.9 Å². The molecule has 0 saturated carbocycles. The van der Waals surface area contributed by atoms with Crippen molar-refractivity contribution in [2.24, 2.45) is 0 Å². The molecule has 21 heavy (non-hydrogen) atoms. The zero-order valence-electron chi connectivity index (χ0n) is 12.2. The molecule has 0 amide bonds. The van der Waals surface area contributed by atoms with Gasteiger partial charge in [-0.2, -0.15) is 0 Å². The Hall–Kier alpha value is -2.07. The summed E-state index contributed by atoms with van der Waals surface area (Å²) >= 11 is 0. The summed E-state index contributed by atoms with van der Waals surface area (Å²) in [6.07, 6.45) is 0.586. The molecule has 3 nitrogen and oxygen atoms in total. The summed E-state index contributed by atoms with van der Waals surface area (Å²) in [5.74, 6) is 1.08. The Balaban J connectivity index is 2.27. The van der Waals surface area contributed by atoms with Crippen LogP contribution in [-0.2, 0) is 6.42 Å². The van der Waals surface area contributed by atoms with Crippen molar-refractivity contribution in [3.63, 3.8) is 0 Å². The van der Waals surface area contributed by atoms with Gasteiger partial charge in [0.1, 0.15) is 17.3 Å². The van der Waals surface area contributed by atoms with Crippen LogP contribution in [0.4, 0.5) is 4.39 Å².